The predicted molar refractivity (Wildman–Crippen MR) is 89.5 cm³/mol. The zero-order valence-corrected chi connectivity index (χ0v) is 13.9. The molecule has 2 N–H and O–H groups in total. The molecule has 1 aliphatic heterocycles. The molecule has 0 radical (unpaired) electrons. The number of anilines is 1. The average Bonchev–Trinajstić information content (AvgIpc) is 2.67. The smallest absolute Gasteiger partial charge is 0.128 e. The van der Waals surface area contributed by atoms with Crippen LogP contribution in [0.15, 0.2) is 18.2 Å². The summed E-state index contributed by atoms with van der Waals surface area (Å²) in [5.74, 6) is 2.21. The molecule has 0 bridgehead atoms. The van der Waals surface area contributed by atoms with Crippen molar-refractivity contribution >= 4 is 5.82 Å². The Bertz CT molecular complexity index is 688. The molecule has 22 heavy (non-hydrogen) atoms. The van der Waals surface area contributed by atoms with E-state index in [-0.39, 0.29) is 6.04 Å². The molecule has 0 amide bonds. The topological polar surface area (TPSA) is 53.1 Å². The highest BCUT2D eigenvalue weighted by molar-refractivity contribution is 5.51. The Balaban J connectivity index is 2.20. The summed E-state index contributed by atoms with van der Waals surface area (Å²) < 4.78 is 8.11. The SMILES string of the molecule is Cc1cc(N)n(C2CCCOc3c(C(C)C)ccc(C)c32)n1. The van der Waals surface area contributed by atoms with Crippen LogP contribution in [0, 0.1) is 13.8 Å². The van der Waals surface area contributed by atoms with E-state index in [9.17, 15) is 0 Å². The van der Waals surface area contributed by atoms with Gasteiger partial charge in [-0.1, -0.05) is 26.0 Å². The van der Waals surface area contributed by atoms with Gasteiger partial charge in [-0.2, -0.15) is 5.10 Å². The molecule has 3 rings (SSSR count). The molecule has 4 nitrogen and oxygen atoms in total. The summed E-state index contributed by atoms with van der Waals surface area (Å²) in [5, 5.41) is 4.63. The van der Waals surface area contributed by atoms with E-state index in [1.807, 2.05) is 17.7 Å². The summed E-state index contributed by atoms with van der Waals surface area (Å²) in [5.41, 5.74) is 10.9. The number of aromatic nitrogens is 2. The number of rotatable bonds is 2. The number of hydrogen-bond donors (Lipinski definition) is 1. The molecule has 2 heterocycles. The molecule has 0 saturated carbocycles. The van der Waals surface area contributed by atoms with Gasteiger partial charge in [0.1, 0.15) is 11.6 Å². The fraction of sp³-hybridized carbons (Fsp3) is 0.500. The third-order valence-corrected chi connectivity index (χ3v) is 4.45. The third-order valence-electron chi connectivity index (χ3n) is 4.45. The Kier molecular flexibility index (Phi) is 3.85. The summed E-state index contributed by atoms with van der Waals surface area (Å²) in [4.78, 5) is 0. The number of hydrogen-bond acceptors (Lipinski definition) is 3. The number of fused-ring (bicyclic) bond motifs is 1. The van der Waals surface area contributed by atoms with Crippen molar-refractivity contribution < 1.29 is 4.74 Å². The first-order valence-electron chi connectivity index (χ1n) is 8.07. The van der Waals surface area contributed by atoms with Crippen LogP contribution in [0.25, 0.3) is 0 Å². The lowest BCUT2D eigenvalue weighted by molar-refractivity contribution is 0.311. The maximum atomic E-state index is 6.19. The Labute approximate surface area is 132 Å². The highest BCUT2D eigenvalue weighted by atomic mass is 16.5. The van der Waals surface area contributed by atoms with Crippen LogP contribution in [0.3, 0.4) is 0 Å². The Morgan fingerprint density at radius 2 is 2.09 bits per heavy atom. The largest absolute Gasteiger partial charge is 0.493 e. The predicted octanol–water partition coefficient (Wildman–Crippen LogP) is 3.97. The van der Waals surface area contributed by atoms with Crippen LogP contribution in [0.1, 0.15) is 61.0 Å². The lowest BCUT2D eigenvalue weighted by atomic mass is 9.91. The fourth-order valence-electron chi connectivity index (χ4n) is 3.37. The third kappa shape index (κ3) is 2.47. The number of ether oxygens (including phenoxy) is 1. The summed E-state index contributed by atoms with van der Waals surface area (Å²) >= 11 is 0. The summed E-state index contributed by atoms with van der Waals surface area (Å²) in [6, 6.07) is 6.49. The van der Waals surface area contributed by atoms with Gasteiger partial charge in [0.2, 0.25) is 0 Å². The van der Waals surface area contributed by atoms with Gasteiger partial charge < -0.3 is 10.5 Å². The van der Waals surface area contributed by atoms with Crippen molar-refractivity contribution in [3.05, 3.63) is 40.6 Å². The van der Waals surface area contributed by atoms with Gasteiger partial charge >= 0.3 is 0 Å². The van der Waals surface area contributed by atoms with Gasteiger partial charge in [0.05, 0.1) is 18.3 Å². The number of nitrogen functional groups attached to an aromatic ring is 1. The van der Waals surface area contributed by atoms with Crippen LogP contribution in [-0.2, 0) is 0 Å². The molecule has 1 aromatic heterocycles. The van der Waals surface area contributed by atoms with E-state index in [1.54, 1.807) is 0 Å². The van der Waals surface area contributed by atoms with Gasteiger partial charge in [-0.25, -0.2) is 4.68 Å². The molecule has 118 valence electrons. The van der Waals surface area contributed by atoms with E-state index in [2.05, 4.69) is 38.0 Å². The lowest BCUT2D eigenvalue weighted by Crippen LogP contribution is -2.16. The first-order chi connectivity index (χ1) is 10.5. The minimum absolute atomic E-state index is 0.157. The zero-order valence-electron chi connectivity index (χ0n) is 13.9. The summed E-state index contributed by atoms with van der Waals surface area (Å²) in [6.07, 6.45) is 2.01. The fourth-order valence-corrected chi connectivity index (χ4v) is 3.37. The first-order valence-corrected chi connectivity index (χ1v) is 8.07. The molecular formula is C18H25N3O. The normalized spacial score (nSPS) is 18.0. The van der Waals surface area contributed by atoms with Gasteiger partial charge in [-0.05, 0) is 43.7 Å². The lowest BCUT2D eigenvalue weighted by Gasteiger charge is -2.23. The van der Waals surface area contributed by atoms with E-state index in [4.69, 9.17) is 10.5 Å². The van der Waals surface area contributed by atoms with Crippen molar-refractivity contribution in [2.75, 3.05) is 12.3 Å². The van der Waals surface area contributed by atoms with Crippen molar-refractivity contribution in [1.82, 2.24) is 9.78 Å². The van der Waals surface area contributed by atoms with Gasteiger partial charge in [0.25, 0.3) is 0 Å². The van der Waals surface area contributed by atoms with E-state index in [0.29, 0.717) is 5.92 Å². The Morgan fingerprint density at radius 1 is 1.32 bits per heavy atom. The van der Waals surface area contributed by atoms with Crippen LogP contribution in [0.4, 0.5) is 5.82 Å². The maximum Gasteiger partial charge on any atom is 0.128 e. The van der Waals surface area contributed by atoms with Crippen molar-refractivity contribution in [3.63, 3.8) is 0 Å². The van der Waals surface area contributed by atoms with E-state index < -0.39 is 0 Å². The summed E-state index contributed by atoms with van der Waals surface area (Å²) in [6.45, 7) is 9.31. The number of aryl methyl sites for hydroxylation is 2. The molecule has 0 spiro atoms. The highest BCUT2D eigenvalue weighted by Gasteiger charge is 2.27. The van der Waals surface area contributed by atoms with E-state index in [0.717, 1.165) is 36.7 Å². The average molecular weight is 299 g/mol. The number of nitrogens with zero attached hydrogens (tertiary/aromatic N) is 2. The quantitative estimate of drug-likeness (QED) is 0.913. The van der Waals surface area contributed by atoms with Crippen LogP contribution in [0.5, 0.6) is 5.75 Å². The zero-order chi connectivity index (χ0) is 15.9. The molecule has 1 unspecified atom stereocenters. The summed E-state index contributed by atoms with van der Waals surface area (Å²) in [7, 11) is 0. The molecule has 0 fully saturated rings. The van der Waals surface area contributed by atoms with Gasteiger partial charge in [0.15, 0.2) is 0 Å². The molecule has 2 aromatic rings. The molecule has 1 aromatic carbocycles. The number of nitrogens with two attached hydrogens (primary N) is 1. The maximum absolute atomic E-state index is 6.19. The Hall–Kier alpha value is -1.97. The second kappa shape index (κ2) is 5.67. The Morgan fingerprint density at radius 3 is 2.73 bits per heavy atom. The van der Waals surface area contributed by atoms with Crippen LogP contribution >= 0.6 is 0 Å². The van der Waals surface area contributed by atoms with Gasteiger partial charge in [-0.3, -0.25) is 0 Å². The minimum Gasteiger partial charge on any atom is -0.493 e. The second-order valence-corrected chi connectivity index (χ2v) is 6.53. The standard InChI is InChI=1S/C18H25N3O/c1-11(2)14-8-7-12(3)17-15(6-5-9-22-18(14)17)21-16(19)10-13(4)20-21/h7-8,10-11,15H,5-6,9,19H2,1-4H3. The molecular weight excluding hydrogens is 274 g/mol. The van der Waals surface area contributed by atoms with Crippen LogP contribution in [0.2, 0.25) is 0 Å². The van der Waals surface area contributed by atoms with Crippen LogP contribution in [-0.4, -0.2) is 16.4 Å². The molecule has 1 atom stereocenters. The molecule has 1 aliphatic rings. The van der Waals surface area contributed by atoms with Crippen molar-refractivity contribution in [3.8, 4) is 5.75 Å². The van der Waals surface area contributed by atoms with Gasteiger partial charge in [0, 0.05) is 11.6 Å². The number of benzene rings is 1. The second-order valence-electron chi connectivity index (χ2n) is 6.53. The highest BCUT2D eigenvalue weighted by Crippen LogP contribution is 2.41. The minimum atomic E-state index is 0.157. The van der Waals surface area contributed by atoms with Crippen molar-refractivity contribution in [2.24, 2.45) is 0 Å². The monoisotopic (exact) mass is 299 g/mol. The molecule has 4 heteroatoms. The first kappa shape index (κ1) is 14.9. The molecule has 0 aliphatic carbocycles. The van der Waals surface area contributed by atoms with Gasteiger partial charge in [-0.15, -0.1) is 0 Å². The van der Waals surface area contributed by atoms with Crippen molar-refractivity contribution in [2.45, 2.75) is 52.5 Å². The van der Waals surface area contributed by atoms with E-state index in [1.165, 1.54) is 16.7 Å². The van der Waals surface area contributed by atoms with E-state index >= 15 is 0 Å². The van der Waals surface area contributed by atoms with Crippen molar-refractivity contribution in [1.29, 1.82) is 0 Å². The molecule has 0 saturated heterocycles. The van der Waals surface area contributed by atoms with Crippen LogP contribution < -0.4 is 10.5 Å².